The van der Waals surface area contributed by atoms with E-state index in [0.29, 0.717) is 62.7 Å². The van der Waals surface area contributed by atoms with Crippen LogP contribution in [0.2, 0.25) is 0 Å². The fraction of sp³-hybridized carbons (Fsp3) is 0.429. The number of nitrogens with zero attached hydrogens (tertiary/aromatic N) is 4. The minimum atomic E-state index is -3.63. The highest BCUT2D eigenvalue weighted by molar-refractivity contribution is 7.89. The lowest BCUT2D eigenvalue weighted by molar-refractivity contribution is 0.129. The molecule has 11 heteroatoms. The van der Waals surface area contributed by atoms with Crippen molar-refractivity contribution in [1.82, 2.24) is 19.4 Å². The Bertz CT molecular complexity index is 1170. The summed E-state index contributed by atoms with van der Waals surface area (Å²) in [6.45, 7) is 4.98. The quantitative estimate of drug-likeness (QED) is 0.554. The van der Waals surface area contributed by atoms with Crippen LogP contribution in [0.5, 0.6) is 11.5 Å². The van der Waals surface area contributed by atoms with Crippen molar-refractivity contribution in [2.45, 2.75) is 24.3 Å². The Balaban J connectivity index is 1.25. The maximum atomic E-state index is 13.2. The summed E-state index contributed by atoms with van der Waals surface area (Å²) in [5.74, 6) is 2.11. The molecule has 2 aromatic heterocycles. The number of piperazine rings is 1. The maximum Gasteiger partial charge on any atom is 0.257 e. The van der Waals surface area contributed by atoms with Crippen LogP contribution < -0.4 is 9.47 Å². The zero-order chi connectivity index (χ0) is 22.1. The molecule has 1 fully saturated rings. The molecule has 2 aliphatic rings. The summed E-state index contributed by atoms with van der Waals surface area (Å²) in [5.41, 5.74) is 0. The van der Waals surface area contributed by atoms with Gasteiger partial charge in [0.15, 0.2) is 11.5 Å². The van der Waals surface area contributed by atoms with Gasteiger partial charge in [0.2, 0.25) is 15.9 Å². The fourth-order valence-corrected chi connectivity index (χ4v) is 5.93. The maximum absolute atomic E-state index is 13.2. The molecule has 5 rings (SSSR count). The molecular formula is C21H24N4O5S2. The fourth-order valence-electron chi connectivity index (χ4n) is 3.84. The molecule has 1 saturated heterocycles. The van der Waals surface area contributed by atoms with E-state index in [9.17, 15) is 8.42 Å². The molecule has 9 nitrogen and oxygen atoms in total. The van der Waals surface area contributed by atoms with Gasteiger partial charge in [0, 0.05) is 38.7 Å². The summed E-state index contributed by atoms with van der Waals surface area (Å²) in [7, 11) is -3.63. The SMILES string of the molecule is CC(c1nnc(-c2cccs2)o1)N1CCN(S(=O)(=O)c2ccc3c(c2)OCCCO3)CC1. The van der Waals surface area contributed by atoms with Gasteiger partial charge < -0.3 is 13.9 Å². The molecular weight excluding hydrogens is 452 g/mol. The zero-order valence-corrected chi connectivity index (χ0v) is 19.3. The molecule has 0 radical (unpaired) electrons. The van der Waals surface area contributed by atoms with Crippen molar-refractivity contribution < 1.29 is 22.3 Å². The second kappa shape index (κ2) is 8.81. The van der Waals surface area contributed by atoms with Gasteiger partial charge in [0.25, 0.3) is 5.89 Å². The van der Waals surface area contributed by atoms with Crippen LogP contribution in [0.25, 0.3) is 10.8 Å². The van der Waals surface area contributed by atoms with E-state index >= 15 is 0 Å². The summed E-state index contributed by atoms with van der Waals surface area (Å²) in [6, 6.07) is 8.61. The third-order valence-corrected chi connectivity index (χ3v) is 8.46. The monoisotopic (exact) mass is 476 g/mol. The molecule has 4 heterocycles. The second-order valence-electron chi connectivity index (χ2n) is 7.70. The molecule has 1 atom stereocenters. The van der Waals surface area contributed by atoms with Gasteiger partial charge in [-0.1, -0.05) is 6.07 Å². The normalized spacial score (nSPS) is 18.9. The predicted molar refractivity (Wildman–Crippen MR) is 118 cm³/mol. The van der Waals surface area contributed by atoms with Crippen molar-refractivity contribution in [3.63, 3.8) is 0 Å². The van der Waals surface area contributed by atoms with Crippen molar-refractivity contribution in [1.29, 1.82) is 0 Å². The van der Waals surface area contributed by atoms with Gasteiger partial charge in [-0.25, -0.2) is 8.42 Å². The minimum absolute atomic E-state index is 0.0980. The third kappa shape index (κ3) is 4.13. The molecule has 3 aromatic rings. The number of benzene rings is 1. The number of aromatic nitrogens is 2. The Hall–Kier alpha value is -2.47. The molecule has 0 bridgehead atoms. The lowest BCUT2D eigenvalue weighted by atomic mass is 10.2. The van der Waals surface area contributed by atoms with Crippen molar-refractivity contribution in [2.75, 3.05) is 39.4 Å². The molecule has 0 amide bonds. The number of rotatable bonds is 5. The number of hydrogen-bond acceptors (Lipinski definition) is 9. The second-order valence-corrected chi connectivity index (χ2v) is 10.6. The molecule has 0 saturated carbocycles. The summed E-state index contributed by atoms with van der Waals surface area (Å²) in [5, 5.41) is 10.3. The summed E-state index contributed by atoms with van der Waals surface area (Å²) in [6.07, 6.45) is 0.770. The highest BCUT2D eigenvalue weighted by Crippen LogP contribution is 2.33. The first kappa shape index (κ1) is 21.4. The van der Waals surface area contributed by atoms with Crippen LogP contribution in [0, 0.1) is 0 Å². The lowest BCUT2D eigenvalue weighted by Crippen LogP contribution is -2.49. The highest BCUT2D eigenvalue weighted by Gasteiger charge is 2.32. The largest absolute Gasteiger partial charge is 0.490 e. The van der Waals surface area contributed by atoms with Gasteiger partial charge in [-0.2, -0.15) is 4.31 Å². The molecule has 170 valence electrons. The summed E-state index contributed by atoms with van der Waals surface area (Å²) in [4.78, 5) is 3.31. The number of ether oxygens (including phenoxy) is 2. The Morgan fingerprint density at radius 2 is 1.81 bits per heavy atom. The van der Waals surface area contributed by atoms with Gasteiger partial charge >= 0.3 is 0 Å². The number of thiophene rings is 1. The van der Waals surface area contributed by atoms with Crippen LogP contribution >= 0.6 is 11.3 Å². The van der Waals surface area contributed by atoms with Crippen molar-refractivity contribution in [2.24, 2.45) is 0 Å². The molecule has 0 aliphatic carbocycles. The molecule has 0 N–H and O–H groups in total. The van der Waals surface area contributed by atoms with E-state index in [4.69, 9.17) is 13.9 Å². The van der Waals surface area contributed by atoms with E-state index in [1.165, 1.54) is 4.31 Å². The van der Waals surface area contributed by atoms with Gasteiger partial charge in [0.05, 0.1) is 29.0 Å². The third-order valence-electron chi connectivity index (χ3n) is 5.71. The van der Waals surface area contributed by atoms with Crippen LogP contribution in [-0.2, 0) is 10.0 Å². The van der Waals surface area contributed by atoms with Gasteiger partial charge in [-0.05, 0) is 30.5 Å². The first-order chi connectivity index (χ1) is 15.5. The standard InChI is InChI=1S/C21H24N4O5S2/c1-15(20-22-23-21(30-20)19-4-2-13-31-19)24-7-9-25(10-8-24)32(26,27)16-5-6-17-18(14-16)29-12-3-11-28-17/h2,4-6,13-15H,3,7-12H2,1H3. The van der Waals surface area contributed by atoms with E-state index < -0.39 is 10.0 Å². The molecule has 1 aromatic carbocycles. The van der Waals surface area contributed by atoms with Crippen molar-refractivity contribution in [3.05, 3.63) is 41.6 Å². The number of hydrogen-bond donors (Lipinski definition) is 0. The first-order valence-electron chi connectivity index (χ1n) is 10.5. The van der Waals surface area contributed by atoms with E-state index in [2.05, 4.69) is 15.1 Å². The summed E-state index contributed by atoms with van der Waals surface area (Å²) < 4.78 is 45.1. The molecule has 32 heavy (non-hydrogen) atoms. The van der Waals surface area contributed by atoms with E-state index in [1.54, 1.807) is 29.5 Å². The number of sulfonamides is 1. The molecule has 1 unspecified atom stereocenters. The van der Waals surface area contributed by atoms with Crippen LogP contribution in [0.4, 0.5) is 0 Å². The average molecular weight is 477 g/mol. The molecule has 2 aliphatic heterocycles. The van der Waals surface area contributed by atoms with E-state index in [0.717, 1.165) is 11.3 Å². The van der Waals surface area contributed by atoms with Gasteiger partial charge in [-0.15, -0.1) is 21.5 Å². The Morgan fingerprint density at radius 1 is 1.03 bits per heavy atom. The van der Waals surface area contributed by atoms with Crippen LogP contribution in [0.3, 0.4) is 0 Å². The average Bonchev–Trinajstić information content (AvgIpc) is 3.46. The van der Waals surface area contributed by atoms with Crippen LogP contribution in [-0.4, -0.2) is 67.2 Å². The Morgan fingerprint density at radius 3 is 2.56 bits per heavy atom. The lowest BCUT2D eigenvalue weighted by Gasteiger charge is -2.36. The van der Waals surface area contributed by atoms with E-state index in [-0.39, 0.29) is 10.9 Å². The van der Waals surface area contributed by atoms with Crippen molar-refractivity contribution in [3.8, 4) is 22.3 Å². The van der Waals surface area contributed by atoms with E-state index in [1.807, 2.05) is 24.4 Å². The van der Waals surface area contributed by atoms with Crippen LogP contribution in [0.15, 0.2) is 45.0 Å². The van der Waals surface area contributed by atoms with Crippen LogP contribution in [0.1, 0.15) is 25.3 Å². The number of fused-ring (bicyclic) bond motifs is 1. The smallest absolute Gasteiger partial charge is 0.257 e. The van der Waals surface area contributed by atoms with Gasteiger partial charge in [0.1, 0.15) is 0 Å². The topological polar surface area (TPSA) is 98.0 Å². The Kier molecular flexibility index (Phi) is 5.89. The van der Waals surface area contributed by atoms with Gasteiger partial charge in [-0.3, -0.25) is 4.90 Å². The zero-order valence-electron chi connectivity index (χ0n) is 17.6. The predicted octanol–water partition coefficient (Wildman–Crippen LogP) is 3.03. The Labute approximate surface area is 190 Å². The minimum Gasteiger partial charge on any atom is -0.490 e. The highest BCUT2D eigenvalue weighted by atomic mass is 32.2. The summed E-state index contributed by atoms with van der Waals surface area (Å²) >= 11 is 1.55. The van der Waals surface area contributed by atoms with Crippen molar-refractivity contribution >= 4 is 21.4 Å². The molecule has 0 spiro atoms. The first-order valence-corrected chi connectivity index (χ1v) is 12.9.